The zero-order valence-corrected chi connectivity index (χ0v) is 84.2. The van der Waals surface area contributed by atoms with E-state index in [1.807, 2.05) is 166 Å². The lowest BCUT2D eigenvalue weighted by molar-refractivity contribution is -0.169. The summed E-state index contributed by atoms with van der Waals surface area (Å²) >= 11 is 0. The summed E-state index contributed by atoms with van der Waals surface area (Å²) in [4.78, 5) is 88.4. The van der Waals surface area contributed by atoms with Crippen molar-refractivity contribution in [3.63, 3.8) is 0 Å². The Morgan fingerprint density at radius 2 is 0.968 bits per heavy atom. The average molecular weight is 1830 g/mol. The lowest BCUT2D eigenvalue weighted by atomic mass is 9.68. The Bertz CT molecular complexity index is 3270. The van der Waals surface area contributed by atoms with E-state index in [-0.39, 0.29) is 131 Å². The molecule has 0 N–H and O–H groups in total. The predicted octanol–water partition coefficient (Wildman–Crippen LogP) is 20.2. The highest BCUT2D eigenvalue weighted by molar-refractivity contribution is 7.87. The first kappa shape index (κ1) is 116. The second-order valence-corrected chi connectivity index (χ2v) is 37.0. The lowest BCUT2D eigenvalue weighted by Crippen LogP contribution is -2.39. The van der Waals surface area contributed by atoms with Gasteiger partial charge in [0.15, 0.2) is 31.1 Å². The van der Waals surface area contributed by atoms with Gasteiger partial charge in [0.05, 0.1) is 91.6 Å². The Hall–Kier alpha value is -4.42. The molecule has 15 heterocycles. The number of cyclic esters (lactones) is 2. The van der Waals surface area contributed by atoms with Gasteiger partial charge in [0.1, 0.15) is 43.2 Å². The van der Waals surface area contributed by atoms with Crippen LogP contribution in [-0.4, -0.2) is 183 Å². The molecule has 15 aliphatic heterocycles. The lowest BCUT2D eigenvalue weighted by Gasteiger charge is -2.35. The van der Waals surface area contributed by atoms with Crippen molar-refractivity contribution in [3.8, 4) is 0 Å². The summed E-state index contributed by atoms with van der Waals surface area (Å²) in [6.07, 6.45) is 35.8. The zero-order valence-electron chi connectivity index (χ0n) is 82.6. The van der Waals surface area contributed by atoms with E-state index < -0.39 is 20.2 Å². The molecule has 23 unspecified atom stereocenters. The number of ether oxygens (including phenoxy) is 12. The molecule has 26 fully saturated rings. The molecule has 15 saturated heterocycles. The predicted molar refractivity (Wildman–Crippen MR) is 488 cm³/mol. The summed E-state index contributed by atoms with van der Waals surface area (Å²) < 4.78 is 114. The van der Waals surface area contributed by atoms with Gasteiger partial charge in [0.2, 0.25) is 0 Å². The van der Waals surface area contributed by atoms with Gasteiger partial charge in [-0.15, -0.1) is 0 Å². The largest absolute Gasteiger partial charge is 0.465 e. The fourth-order valence-corrected chi connectivity index (χ4v) is 25.2. The van der Waals surface area contributed by atoms with Crippen molar-refractivity contribution in [1.82, 2.24) is 0 Å². The van der Waals surface area contributed by atoms with Gasteiger partial charge in [-0.05, 0) is 196 Å². The second kappa shape index (κ2) is 60.0. The van der Waals surface area contributed by atoms with E-state index in [9.17, 15) is 55.2 Å². The van der Waals surface area contributed by atoms with Gasteiger partial charge < -0.3 is 56.8 Å². The van der Waals surface area contributed by atoms with E-state index in [1.54, 1.807) is 0 Å². The molecule has 12 bridgehead atoms. The first-order chi connectivity index (χ1) is 61.1. The Balaban J connectivity index is 0.000000352. The van der Waals surface area contributed by atoms with Crippen LogP contribution in [0.25, 0.3) is 0 Å². The number of esters is 7. The number of ketones is 1. The highest BCUT2D eigenvalue weighted by Gasteiger charge is 2.61. The summed E-state index contributed by atoms with van der Waals surface area (Å²) in [7, 11) is -6.18. The summed E-state index contributed by atoms with van der Waals surface area (Å²) in [5.74, 6) is 7.64. The average Bonchev–Trinajstić information content (AvgIpc) is 1.58. The molecule has 23 atom stereocenters. The normalized spacial score (nSPS) is 37.3. The van der Waals surface area contributed by atoms with Crippen LogP contribution in [0.15, 0.2) is 0 Å². The van der Waals surface area contributed by atoms with Crippen molar-refractivity contribution >= 4 is 67.8 Å². The van der Waals surface area contributed by atoms with Crippen molar-refractivity contribution in [2.24, 2.45) is 81.8 Å². The number of carbonyl (C=O) groups excluding carboxylic acids is 8. The number of Topliss-reactive ketones (excluding diaryl/α,β-unsaturated/α-hetero) is 1. The van der Waals surface area contributed by atoms with Crippen LogP contribution in [0.1, 0.15) is 378 Å². The molecular weight excluding hydrogens is 1660 g/mol. The van der Waals surface area contributed by atoms with Crippen LogP contribution >= 0.6 is 0 Å². The molecule has 736 valence electrons. The molecule has 26 nitrogen and oxygen atoms in total. The molecule has 26 rings (SSSR count). The van der Waals surface area contributed by atoms with Crippen molar-refractivity contribution in [2.75, 3.05) is 45.6 Å². The molecule has 11 saturated carbocycles. The van der Waals surface area contributed by atoms with Gasteiger partial charge >= 0.3 is 41.8 Å². The van der Waals surface area contributed by atoms with Gasteiger partial charge in [-0.3, -0.25) is 46.7 Å². The van der Waals surface area contributed by atoms with Gasteiger partial charge in [-0.2, -0.15) is 16.8 Å². The maximum Gasteiger partial charge on any atom is 0.312 e. The van der Waals surface area contributed by atoms with E-state index in [2.05, 4.69) is 4.18 Å². The Kier molecular flexibility index (Phi) is 55.1. The minimum atomic E-state index is -3.13. The van der Waals surface area contributed by atoms with Crippen molar-refractivity contribution in [3.05, 3.63) is 0 Å². The quantitative estimate of drug-likeness (QED) is 0.123. The van der Waals surface area contributed by atoms with Gasteiger partial charge in [0, 0.05) is 24.2 Å². The monoisotopic (exact) mass is 1830 g/mol. The molecular formula is C98H176O26S2. The highest BCUT2D eigenvalue weighted by atomic mass is 32.2. The third-order valence-electron chi connectivity index (χ3n) is 27.2. The number of rotatable bonds is 0. The van der Waals surface area contributed by atoms with E-state index in [4.69, 9.17) is 61.0 Å². The van der Waals surface area contributed by atoms with E-state index in [0.29, 0.717) is 112 Å². The fourth-order valence-electron chi connectivity index (χ4n) is 22.3. The zero-order chi connectivity index (χ0) is 94.7. The topological polar surface area (TPSA) is 334 Å². The van der Waals surface area contributed by atoms with Crippen molar-refractivity contribution in [1.29, 1.82) is 0 Å². The Morgan fingerprint density at radius 1 is 0.365 bits per heavy atom. The van der Waals surface area contributed by atoms with Crippen LogP contribution in [0, 0.1) is 81.8 Å². The smallest absolute Gasteiger partial charge is 0.312 e. The van der Waals surface area contributed by atoms with E-state index in [1.165, 1.54) is 77.0 Å². The third-order valence-corrected chi connectivity index (χ3v) is 30.3. The van der Waals surface area contributed by atoms with Crippen molar-refractivity contribution in [2.45, 2.75) is 451 Å². The molecule has 0 aromatic carbocycles. The van der Waals surface area contributed by atoms with E-state index in [0.717, 1.165) is 139 Å². The maximum absolute atomic E-state index is 11.6. The van der Waals surface area contributed by atoms with Crippen LogP contribution in [0.3, 0.4) is 0 Å². The first-order valence-corrected chi connectivity index (χ1v) is 53.9. The number of fused-ring (bicyclic) bond motifs is 12. The SMILES string of the molecule is CC.CC.CC.CC.CC.CC.CC.CC.CC.CC.CC.CC.O=C1CC2CCCC2O1.O=C1CC2OC3OCOC3C2O1.O=C1CC2OCCC2O1.O=C1COC2CCCC12.O=C1OC2CC3CC(C2)CC1C3.O=C1OC2CC3CC2CC13.O=C1OCCC12CC1CCC2C1.O=C1OCCC12CCCCC2.O=S1(=O)CCCO1.O=S1(=O)OC2CC3CC2C1C3. The van der Waals surface area contributed by atoms with Crippen LogP contribution < -0.4 is 0 Å². The Morgan fingerprint density at radius 3 is 1.48 bits per heavy atom. The molecule has 2 spiro atoms. The molecule has 126 heavy (non-hydrogen) atoms. The van der Waals surface area contributed by atoms with Crippen LogP contribution in [0.5, 0.6) is 0 Å². The molecule has 0 radical (unpaired) electrons. The molecule has 0 amide bonds. The Labute approximate surface area is 762 Å². The molecule has 11 aliphatic carbocycles. The van der Waals surface area contributed by atoms with E-state index >= 15 is 0 Å². The van der Waals surface area contributed by atoms with Crippen LogP contribution in [-0.2, 0) is 124 Å². The highest BCUT2D eigenvalue weighted by Crippen LogP contribution is 2.60. The standard InChI is InChI=1S/2C10H14O2.C9H14O2.C8H10O2.C7H8O5.C7H10O3S.2C7H10O2.C6H8O3.C3H6O3S.12C2H6/c11-10-8-2-6-1-7(3-8)5-9(4-6)12-10;11-9-10(3-4-12-9)6-7-1-2-8(10)5-7;10-8-9(6-7-11-8)4-2-1-3-5-9;9-8-6-2-5-1-4(6)3-7(5)10-8;8-4-1-3-5(12-4)6-7(11-3)10-2-9-6;8-11(9)7-3-4-1-5(7)6(2-4)10-11;8-6-4-9-7-3-1-2-5(6)7;8-7-4-5-2-1-3-6(5)9-7;7-6-3-5-4(9-6)1-2-8-5;4-7(5)3-1-2-6-7;12*1-2/h6-9H,1-5H2;7-8H,1-6H2;1-7H2;4-7H,1-3H2;3,5-7H,1-2H2;4-7H,1-3H2;5,7H,1-4H2;5-6H,1-4H2;4-5H,1-3H2;1-3H2;12*1-2H3. The molecule has 0 aromatic rings. The summed E-state index contributed by atoms with van der Waals surface area (Å²) in [6.45, 7) is 51.1. The molecule has 28 heteroatoms. The molecule has 26 aliphatic rings. The third kappa shape index (κ3) is 31.1. The summed E-state index contributed by atoms with van der Waals surface area (Å²) in [5.41, 5.74) is -0.0266. The van der Waals surface area contributed by atoms with Gasteiger partial charge in [-0.25, -0.2) is 0 Å². The summed E-state index contributed by atoms with van der Waals surface area (Å²) in [5, 5.41) is -0.133. The number of hydrogen-bond donors (Lipinski definition) is 0. The van der Waals surface area contributed by atoms with Gasteiger partial charge in [0.25, 0.3) is 20.2 Å². The second-order valence-electron chi connectivity index (χ2n) is 33.5. The molecule has 0 aromatic heterocycles. The minimum absolute atomic E-state index is 0.00289. The van der Waals surface area contributed by atoms with Crippen LogP contribution in [0.4, 0.5) is 0 Å². The number of carbonyl (C=O) groups is 8. The van der Waals surface area contributed by atoms with Gasteiger partial charge in [-0.1, -0.05) is 198 Å². The fraction of sp³-hybridized carbons (Fsp3) is 0.918. The maximum atomic E-state index is 11.6. The van der Waals surface area contributed by atoms with Crippen molar-refractivity contribution < 1.29 is 120 Å². The minimum Gasteiger partial charge on any atom is -0.465 e. The summed E-state index contributed by atoms with van der Waals surface area (Å²) in [6, 6.07) is 0. The first-order valence-electron chi connectivity index (χ1n) is 50.9. The van der Waals surface area contributed by atoms with Crippen LogP contribution in [0.2, 0.25) is 0 Å². The number of hydrogen-bond acceptors (Lipinski definition) is 26.